The predicted octanol–water partition coefficient (Wildman–Crippen LogP) is 0.929. The fourth-order valence-corrected chi connectivity index (χ4v) is 2.73. The van der Waals surface area contributed by atoms with Crippen molar-refractivity contribution in [3.05, 3.63) is 35.6 Å². The van der Waals surface area contributed by atoms with Gasteiger partial charge in [0, 0.05) is 20.1 Å². The number of allylic oxidation sites excluding steroid dienone is 2. The fourth-order valence-electron chi connectivity index (χ4n) is 2.73. The average molecular weight is 246 g/mol. The van der Waals surface area contributed by atoms with Crippen LogP contribution in [0.1, 0.15) is 6.42 Å². The van der Waals surface area contributed by atoms with E-state index in [2.05, 4.69) is 23.1 Å². The van der Waals surface area contributed by atoms with Crippen LogP contribution < -0.4 is 0 Å². The summed E-state index contributed by atoms with van der Waals surface area (Å²) in [4.78, 5) is 16.5. The van der Waals surface area contributed by atoms with Gasteiger partial charge in [-0.15, -0.1) is 0 Å². The number of nitrogens with zero attached hydrogens (tertiary/aromatic N) is 2. The second-order valence-electron chi connectivity index (χ2n) is 4.89. The molecule has 4 heteroatoms. The van der Waals surface area contributed by atoms with Gasteiger partial charge in [-0.2, -0.15) is 0 Å². The van der Waals surface area contributed by atoms with Gasteiger partial charge in [0.25, 0.3) is 5.91 Å². The van der Waals surface area contributed by atoms with Crippen molar-refractivity contribution in [3.63, 3.8) is 0 Å². The molecule has 0 spiro atoms. The molecule has 1 unspecified atom stereocenters. The minimum Gasteiger partial charge on any atom is -0.378 e. The van der Waals surface area contributed by atoms with E-state index in [4.69, 9.17) is 4.74 Å². The van der Waals surface area contributed by atoms with E-state index < -0.39 is 0 Å². The zero-order valence-corrected chi connectivity index (χ0v) is 10.6. The summed E-state index contributed by atoms with van der Waals surface area (Å²) in [6.45, 7) is 2.70. The number of likely N-dealkylation sites (N-methyl/N-ethyl adjacent to an activating group) is 1. The molecule has 0 saturated carbocycles. The second kappa shape index (κ2) is 4.61. The molecule has 2 aliphatic heterocycles. The van der Waals surface area contributed by atoms with Gasteiger partial charge in [0.2, 0.25) is 0 Å². The van der Waals surface area contributed by atoms with Gasteiger partial charge < -0.3 is 14.5 Å². The van der Waals surface area contributed by atoms with Crippen molar-refractivity contribution in [1.82, 2.24) is 9.80 Å². The van der Waals surface area contributed by atoms with Crippen molar-refractivity contribution in [2.24, 2.45) is 0 Å². The van der Waals surface area contributed by atoms with Gasteiger partial charge in [-0.1, -0.05) is 18.2 Å². The van der Waals surface area contributed by atoms with Crippen LogP contribution in [0.5, 0.6) is 0 Å². The first-order valence-corrected chi connectivity index (χ1v) is 6.45. The Morgan fingerprint density at radius 2 is 2.17 bits per heavy atom. The first-order chi connectivity index (χ1) is 8.77. The number of carbonyl (C=O) groups is 1. The Morgan fingerprint density at radius 1 is 1.39 bits per heavy atom. The largest absolute Gasteiger partial charge is 0.378 e. The highest BCUT2D eigenvalue weighted by molar-refractivity contribution is 5.94. The summed E-state index contributed by atoms with van der Waals surface area (Å²) in [6, 6.07) is 0.343. The van der Waals surface area contributed by atoms with E-state index in [0.717, 1.165) is 12.1 Å². The predicted molar refractivity (Wildman–Crippen MR) is 68.9 cm³/mol. The van der Waals surface area contributed by atoms with Crippen molar-refractivity contribution in [2.75, 3.05) is 33.4 Å². The molecule has 96 valence electrons. The number of ether oxygens (including phenoxy) is 1. The van der Waals surface area contributed by atoms with Crippen LogP contribution in [0.15, 0.2) is 35.6 Å². The van der Waals surface area contributed by atoms with E-state index in [9.17, 15) is 4.79 Å². The Hall–Kier alpha value is -1.55. The third-order valence-electron chi connectivity index (χ3n) is 3.84. The molecule has 0 radical (unpaired) electrons. The number of hydrogen-bond donors (Lipinski definition) is 0. The van der Waals surface area contributed by atoms with Crippen molar-refractivity contribution in [1.29, 1.82) is 0 Å². The summed E-state index contributed by atoms with van der Waals surface area (Å²) in [6.07, 6.45) is 9.34. The summed E-state index contributed by atoms with van der Waals surface area (Å²) in [5.41, 5.74) is 2.06. The van der Waals surface area contributed by atoms with Gasteiger partial charge >= 0.3 is 0 Å². The topological polar surface area (TPSA) is 32.8 Å². The lowest BCUT2D eigenvalue weighted by molar-refractivity contribution is -0.132. The Balaban J connectivity index is 1.79. The maximum absolute atomic E-state index is 12.5. The average Bonchev–Trinajstić information content (AvgIpc) is 2.77. The van der Waals surface area contributed by atoms with Crippen molar-refractivity contribution in [2.45, 2.75) is 12.5 Å². The fraction of sp³-hybridized carbons (Fsp3) is 0.500. The zero-order valence-electron chi connectivity index (χ0n) is 10.6. The second-order valence-corrected chi connectivity index (χ2v) is 4.89. The number of fused-ring (bicyclic) bond motifs is 1. The molecular weight excluding hydrogens is 228 g/mol. The molecule has 4 nitrogen and oxygen atoms in total. The molecule has 0 bridgehead atoms. The number of hydrogen-bond acceptors (Lipinski definition) is 3. The molecule has 3 rings (SSSR count). The Kier molecular flexibility index (Phi) is 2.96. The smallest absolute Gasteiger partial charge is 0.270 e. The van der Waals surface area contributed by atoms with Crippen LogP contribution in [0.4, 0.5) is 0 Å². The van der Waals surface area contributed by atoms with Crippen LogP contribution in [0.25, 0.3) is 0 Å². The molecule has 1 amide bonds. The Labute approximate surface area is 107 Å². The highest BCUT2D eigenvalue weighted by Gasteiger charge is 2.33. The summed E-state index contributed by atoms with van der Waals surface area (Å²) >= 11 is 0. The van der Waals surface area contributed by atoms with E-state index in [1.54, 1.807) is 0 Å². The minimum absolute atomic E-state index is 0.135. The monoisotopic (exact) mass is 246 g/mol. The molecule has 3 aliphatic rings. The summed E-state index contributed by atoms with van der Waals surface area (Å²) in [5, 5.41) is 0. The summed E-state index contributed by atoms with van der Waals surface area (Å²) in [5.74, 6) is 0.135. The molecule has 1 atom stereocenters. The molecule has 18 heavy (non-hydrogen) atoms. The Bertz CT molecular complexity index is 445. The third-order valence-corrected chi connectivity index (χ3v) is 3.84. The number of rotatable bonds is 1. The SMILES string of the molecule is CN1C(C(=O)N2CCOCC2)=CC2=CC=CCC21. The summed E-state index contributed by atoms with van der Waals surface area (Å²) in [7, 11) is 2.01. The minimum atomic E-state index is 0.135. The van der Waals surface area contributed by atoms with Gasteiger partial charge in [-0.05, 0) is 18.1 Å². The van der Waals surface area contributed by atoms with Gasteiger partial charge in [0.05, 0.1) is 19.3 Å². The number of morpholine rings is 1. The first kappa shape index (κ1) is 11.5. The highest BCUT2D eigenvalue weighted by Crippen LogP contribution is 2.31. The molecule has 1 aliphatic carbocycles. The first-order valence-electron chi connectivity index (χ1n) is 6.45. The van der Waals surface area contributed by atoms with Crippen molar-refractivity contribution >= 4 is 5.91 Å². The van der Waals surface area contributed by atoms with Crippen molar-refractivity contribution in [3.8, 4) is 0 Å². The van der Waals surface area contributed by atoms with Crippen LogP contribution in [0.2, 0.25) is 0 Å². The molecular formula is C14H18N2O2. The molecule has 0 aromatic heterocycles. The van der Waals surface area contributed by atoms with Crippen LogP contribution in [-0.4, -0.2) is 55.1 Å². The summed E-state index contributed by atoms with van der Waals surface area (Å²) < 4.78 is 5.29. The lowest BCUT2D eigenvalue weighted by atomic mass is 10.0. The van der Waals surface area contributed by atoms with Crippen molar-refractivity contribution < 1.29 is 9.53 Å². The maximum atomic E-state index is 12.5. The van der Waals surface area contributed by atoms with E-state index in [1.807, 2.05) is 18.0 Å². The van der Waals surface area contributed by atoms with Crippen LogP contribution >= 0.6 is 0 Å². The molecule has 0 aromatic carbocycles. The third kappa shape index (κ3) is 1.86. The van der Waals surface area contributed by atoms with E-state index in [-0.39, 0.29) is 5.91 Å². The molecule has 2 heterocycles. The quantitative estimate of drug-likeness (QED) is 0.690. The Morgan fingerprint density at radius 3 is 2.89 bits per heavy atom. The molecule has 1 saturated heterocycles. The normalized spacial score (nSPS) is 26.8. The van der Waals surface area contributed by atoms with E-state index in [0.29, 0.717) is 32.3 Å². The number of amides is 1. The highest BCUT2D eigenvalue weighted by atomic mass is 16.5. The van der Waals surface area contributed by atoms with Gasteiger partial charge in [0.15, 0.2) is 0 Å². The van der Waals surface area contributed by atoms with E-state index in [1.165, 1.54) is 5.57 Å². The zero-order chi connectivity index (χ0) is 12.5. The molecule has 1 fully saturated rings. The number of carbonyl (C=O) groups excluding carboxylic acids is 1. The molecule has 0 N–H and O–H groups in total. The van der Waals surface area contributed by atoms with Gasteiger partial charge in [0.1, 0.15) is 5.70 Å². The van der Waals surface area contributed by atoms with Crippen LogP contribution in [0, 0.1) is 0 Å². The lowest BCUT2D eigenvalue weighted by Crippen LogP contribution is -2.44. The van der Waals surface area contributed by atoms with Crippen LogP contribution in [0.3, 0.4) is 0 Å². The van der Waals surface area contributed by atoms with Crippen LogP contribution in [-0.2, 0) is 9.53 Å². The van der Waals surface area contributed by atoms with Gasteiger partial charge in [-0.3, -0.25) is 4.79 Å². The standard InChI is InChI=1S/C14H18N2O2/c1-15-12-5-3-2-4-11(12)10-13(15)14(17)16-6-8-18-9-7-16/h2-4,10,12H,5-9H2,1H3. The van der Waals surface area contributed by atoms with E-state index >= 15 is 0 Å². The lowest BCUT2D eigenvalue weighted by Gasteiger charge is -2.31. The maximum Gasteiger partial charge on any atom is 0.270 e. The molecule has 0 aromatic rings. The van der Waals surface area contributed by atoms with Gasteiger partial charge in [-0.25, -0.2) is 0 Å².